The van der Waals surface area contributed by atoms with Gasteiger partial charge in [0, 0.05) is 16.5 Å². The highest BCUT2D eigenvalue weighted by Crippen LogP contribution is 2.34. The number of aryl methyl sites for hydroxylation is 1. The zero-order valence-electron chi connectivity index (χ0n) is 19.6. The minimum absolute atomic E-state index is 0.159. The Balaban J connectivity index is 1.56. The molecule has 0 spiro atoms. The van der Waals surface area contributed by atoms with Crippen molar-refractivity contribution in [2.24, 2.45) is 0 Å². The average Bonchev–Trinajstić information content (AvgIpc) is 2.83. The van der Waals surface area contributed by atoms with Crippen molar-refractivity contribution >= 4 is 10.8 Å². The fraction of sp³-hybridized carbons (Fsp3) is 0.267. The van der Waals surface area contributed by atoms with E-state index in [0.29, 0.717) is 16.5 Å². The van der Waals surface area contributed by atoms with Gasteiger partial charge in [0.25, 0.3) is 0 Å². The summed E-state index contributed by atoms with van der Waals surface area (Å²) in [5.41, 5.74) is 1.51. The van der Waals surface area contributed by atoms with Crippen LogP contribution in [-0.4, -0.2) is 0 Å². The van der Waals surface area contributed by atoms with Gasteiger partial charge in [0.15, 0.2) is 0 Å². The summed E-state index contributed by atoms with van der Waals surface area (Å²) < 4.78 is 68.7. The number of halogens is 5. The zero-order valence-corrected chi connectivity index (χ0v) is 19.6. The summed E-state index contributed by atoms with van der Waals surface area (Å²) in [7, 11) is 0. The van der Waals surface area contributed by atoms with E-state index in [9.17, 15) is 17.6 Å². The molecule has 35 heavy (non-hydrogen) atoms. The van der Waals surface area contributed by atoms with Gasteiger partial charge in [0.1, 0.15) is 11.6 Å². The van der Waals surface area contributed by atoms with Crippen molar-refractivity contribution in [1.82, 2.24) is 0 Å². The van der Waals surface area contributed by atoms with Crippen LogP contribution in [0, 0.1) is 11.6 Å². The maximum atomic E-state index is 15.4. The van der Waals surface area contributed by atoms with Crippen LogP contribution in [0.2, 0.25) is 0 Å². The lowest BCUT2D eigenvalue weighted by Gasteiger charge is -2.11. The van der Waals surface area contributed by atoms with E-state index in [4.69, 9.17) is 0 Å². The van der Waals surface area contributed by atoms with Crippen LogP contribution in [0.4, 0.5) is 22.0 Å². The molecule has 0 nitrogen and oxygen atoms in total. The van der Waals surface area contributed by atoms with E-state index in [2.05, 4.69) is 6.92 Å². The van der Waals surface area contributed by atoms with Crippen LogP contribution >= 0.6 is 0 Å². The number of benzene rings is 4. The Bertz CT molecular complexity index is 1300. The van der Waals surface area contributed by atoms with Gasteiger partial charge in [-0.15, -0.1) is 0 Å². The number of hydrogen-bond donors (Lipinski definition) is 0. The molecule has 5 heteroatoms. The van der Waals surface area contributed by atoms with Crippen LogP contribution in [0.25, 0.3) is 33.0 Å². The van der Waals surface area contributed by atoms with Crippen molar-refractivity contribution in [3.63, 3.8) is 0 Å². The Morgan fingerprint density at radius 1 is 0.657 bits per heavy atom. The first-order chi connectivity index (χ1) is 16.8. The molecule has 0 aliphatic heterocycles. The Labute approximate surface area is 202 Å². The molecule has 0 unspecified atom stereocenters. The lowest BCUT2D eigenvalue weighted by Crippen LogP contribution is -2.04. The fourth-order valence-corrected chi connectivity index (χ4v) is 4.41. The molecule has 0 fully saturated rings. The molecule has 0 N–H and O–H groups in total. The molecular weight excluding hydrogens is 455 g/mol. The second-order valence-corrected chi connectivity index (χ2v) is 8.92. The van der Waals surface area contributed by atoms with E-state index in [1.165, 1.54) is 55.5 Å². The molecule has 0 bridgehead atoms. The molecule has 0 aromatic heterocycles. The third-order valence-corrected chi connectivity index (χ3v) is 6.39. The summed E-state index contributed by atoms with van der Waals surface area (Å²) in [5, 5.41) is 1.28. The maximum absolute atomic E-state index is 15.4. The highest BCUT2D eigenvalue weighted by molar-refractivity contribution is 5.89. The molecule has 4 rings (SSSR count). The van der Waals surface area contributed by atoms with E-state index in [1.54, 1.807) is 18.2 Å². The van der Waals surface area contributed by atoms with Gasteiger partial charge in [-0.05, 0) is 53.1 Å². The van der Waals surface area contributed by atoms with Gasteiger partial charge in [-0.3, -0.25) is 0 Å². The number of unbranched alkanes of at least 4 members (excludes halogenated alkanes) is 4. The molecule has 0 amide bonds. The van der Waals surface area contributed by atoms with Gasteiger partial charge in [-0.2, -0.15) is 13.2 Å². The van der Waals surface area contributed by atoms with E-state index in [1.807, 2.05) is 18.2 Å². The van der Waals surface area contributed by atoms with Gasteiger partial charge >= 0.3 is 6.18 Å². The van der Waals surface area contributed by atoms with Crippen LogP contribution < -0.4 is 0 Å². The fourth-order valence-electron chi connectivity index (χ4n) is 4.41. The molecule has 0 aliphatic rings. The molecule has 0 heterocycles. The first kappa shape index (κ1) is 24.9. The minimum Gasteiger partial charge on any atom is -0.206 e. The average molecular weight is 483 g/mol. The van der Waals surface area contributed by atoms with Gasteiger partial charge in [-0.25, -0.2) is 8.78 Å². The van der Waals surface area contributed by atoms with Crippen LogP contribution in [0.15, 0.2) is 72.8 Å². The van der Waals surface area contributed by atoms with Crippen molar-refractivity contribution < 1.29 is 22.0 Å². The predicted molar refractivity (Wildman–Crippen MR) is 132 cm³/mol. The van der Waals surface area contributed by atoms with Crippen molar-refractivity contribution in [3.8, 4) is 22.3 Å². The minimum atomic E-state index is -4.45. The van der Waals surface area contributed by atoms with Gasteiger partial charge in [-0.1, -0.05) is 87.2 Å². The normalized spacial score (nSPS) is 11.8. The molecular formula is C30H27F5. The summed E-state index contributed by atoms with van der Waals surface area (Å²) in [5.74, 6) is -1.04. The number of rotatable bonds is 8. The van der Waals surface area contributed by atoms with Gasteiger partial charge in [0.05, 0.1) is 5.56 Å². The van der Waals surface area contributed by atoms with E-state index in [0.717, 1.165) is 30.4 Å². The third kappa shape index (κ3) is 5.72. The molecule has 0 saturated heterocycles. The topological polar surface area (TPSA) is 0 Å². The summed E-state index contributed by atoms with van der Waals surface area (Å²) >= 11 is 0. The smallest absolute Gasteiger partial charge is 0.206 e. The summed E-state index contributed by atoms with van der Waals surface area (Å²) in [6.07, 6.45) is 2.49. The highest BCUT2D eigenvalue weighted by atomic mass is 19.4. The largest absolute Gasteiger partial charge is 0.416 e. The quantitative estimate of drug-likeness (QED) is 0.173. The lowest BCUT2D eigenvalue weighted by molar-refractivity contribution is -0.137. The van der Waals surface area contributed by atoms with Crippen molar-refractivity contribution in [1.29, 1.82) is 0 Å². The summed E-state index contributed by atoms with van der Waals surface area (Å²) in [4.78, 5) is 0. The molecule has 0 saturated carbocycles. The van der Waals surface area contributed by atoms with E-state index >= 15 is 4.39 Å². The molecule has 182 valence electrons. The summed E-state index contributed by atoms with van der Waals surface area (Å²) in [6.45, 7) is 2.19. The first-order valence-corrected chi connectivity index (χ1v) is 12.0. The number of hydrogen-bond acceptors (Lipinski definition) is 0. The third-order valence-electron chi connectivity index (χ3n) is 6.39. The Morgan fingerprint density at radius 2 is 1.34 bits per heavy atom. The molecule has 4 aromatic rings. The standard InChI is InChI=1S/C30H27F5/c1-2-3-4-5-6-7-20-8-15-26-22(18-20)12-17-27(29(26)32)23-11-16-25(28(31)19-23)21-9-13-24(14-10-21)30(33,34)35/h8-19H,2-7H2,1H3. The van der Waals surface area contributed by atoms with E-state index < -0.39 is 23.4 Å². The molecule has 0 atom stereocenters. The van der Waals surface area contributed by atoms with Crippen LogP contribution in [0.1, 0.15) is 50.2 Å². The number of alkyl halides is 3. The maximum Gasteiger partial charge on any atom is 0.416 e. The van der Waals surface area contributed by atoms with Crippen LogP contribution in [0.3, 0.4) is 0 Å². The Hall–Kier alpha value is -3.21. The second kappa shape index (κ2) is 10.6. The van der Waals surface area contributed by atoms with Gasteiger partial charge in [0.2, 0.25) is 0 Å². The highest BCUT2D eigenvalue weighted by Gasteiger charge is 2.30. The SMILES string of the molecule is CCCCCCCc1ccc2c(F)c(-c3ccc(-c4ccc(C(F)(F)F)cc4)c(F)c3)ccc2c1. The second-order valence-electron chi connectivity index (χ2n) is 8.92. The lowest BCUT2D eigenvalue weighted by atomic mass is 9.95. The first-order valence-electron chi connectivity index (χ1n) is 12.0. The van der Waals surface area contributed by atoms with Crippen molar-refractivity contribution in [3.05, 3.63) is 95.6 Å². The molecule has 0 radical (unpaired) electrons. The Kier molecular flexibility index (Phi) is 7.54. The van der Waals surface area contributed by atoms with Crippen LogP contribution in [-0.2, 0) is 12.6 Å². The molecule has 4 aromatic carbocycles. The zero-order chi connectivity index (χ0) is 25.0. The summed E-state index contributed by atoms with van der Waals surface area (Å²) in [6, 6.07) is 17.8. The van der Waals surface area contributed by atoms with Crippen molar-refractivity contribution in [2.75, 3.05) is 0 Å². The van der Waals surface area contributed by atoms with Crippen LogP contribution in [0.5, 0.6) is 0 Å². The van der Waals surface area contributed by atoms with Gasteiger partial charge < -0.3 is 0 Å². The Morgan fingerprint density at radius 3 is 2.03 bits per heavy atom. The van der Waals surface area contributed by atoms with E-state index in [-0.39, 0.29) is 11.1 Å². The van der Waals surface area contributed by atoms with Crippen molar-refractivity contribution in [2.45, 2.75) is 51.6 Å². The molecule has 0 aliphatic carbocycles. The number of fused-ring (bicyclic) bond motifs is 1. The monoisotopic (exact) mass is 482 g/mol. The predicted octanol–water partition coefficient (Wildman–Crippen LogP) is 9.98.